The molecule has 0 amide bonds. The van der Waals surface area contributed by atoms with Gasteiger partial charge in [0.05, 0.1) is 7.11 Å². The molecule has 17 heavy (non-hydrogen) atoms. The smallest absolute Gasteiger partial charge is 0.119 e. The van der Waals surface area contributed by atoms with E-state index in [-0.39, 0.29) is 0 Å². The minimum absolute atomic E-state index is 0.464. The number of benzene rings is 1. The van der Waals surface area contributed by atoms with Crippen LogP contribution in [-0.4, -0.2) is 11.7 Å². The van der Waals surface area contributed by atoms with Crippen LogP contribution in [0.4, 0.5) is 0 Å². The first-order valence-corrected chi connectivity index (χ1v) is 5.95. The molecule has 0 fully saturated rings. The minimum Gasteiger partial charge on any atom is -0.497 e. The Morgan fingerprint density at radius 3 is 2.53 bits per heavy atom. The van der Waals surface area contributed by atoms with Crippen LogP contribution in [0, 0.1) is 6.92 Å². The van der Waals surface area contributed by atoms with Gasteiger partial charge in [0.1, 0.15) is 5.75 Å². The summed E-state index contributed by atoms with van der Waals surface area (Å²) in [6.45, 7) is 6.55. The molecular formula is C15H19NO. The molecule has 0 aliphatic heterocycles. The Kier molecular flexibility index (Phi) is 3.23. The Balaban J connectivity index is 2.52. The zero-order valence-corrected chi connectivity index (χ0v) is 10.9. The van der Waals surface area contributed by atoms with Gasteiger partial charge in [-0.25, -0.2) is 0 Å². The van der Waals surface area contributed by atoms with Crippen molar-refractivity contribution in [1.29, 1.82) is 0 Å². The van der Waals surface area contributed by atoms with Crippen LogP contribution in [0.15, 0.2) is 36.4 Å². The van der Waals surface area contributed by atoms with Gasteiger partial charge in [0.2, 0.25) is 0 Å². The van der Waals surface area contributed by atoms with E-state index in [1.165, 1.54) is 17.0 Å². The van der Waals surface area contributed by atoms with Crippen molar-refractivity contribution in [2.75, 3.05) is 7.11 Å². The van der Waals surface area contributed by atoms with Gasteiger partial charge in [0.25, 0.3) is 0 Å². The standard InChI is InChI=1S/C15H19NO/c1-11(2)16-12(3)8-9-15(16)13-6-5-7-14(10-13)17-4/h5-11H,1-4H3. The first kappa shape index (κ1) is 11.8. The molecule has 1 aromatic heterocycles. The lowest BCUT2D eigenvalue weighted by Gasteiger charge is -2.16. The van der Waals surface area contributed by atoms with E-state index in [9.17, 15) is 0 Å². The lowest BCUT2D eigenvalue weighted by molar-refractivity contribution is 0.415. The molecule has 2 rings (SSSR count). The summed E-state index contributed by atoms with van der Waals surface area (Å²) in [5.41, 5.74) is 3.74. The molecular weight excluding hydrogens is 210 g/mol. The van der Waals surface area contributed by atoms with Crippen LogP contribution < -0.4 is 4.74 Å². The Morgan fingerprint density at radius 1 is 1.12 bits per heavy atom. The molecule has 1 heterocycles. The molecule has 0 radical (unpaired) electrons. The quantitative estimate of drug-likeness (QED) is 0.774. The first-order chi connectivity index (χ1) is 8.13. The number of hydrogen-bond donors (Lipinski definition) is 0. The largest absolute Gasteiger partial charge is 0.497 e. The summed E-state index contributed by atoms with van der Waals surface area (Å²) in [5.74, 6) is 0.900. The van der Waals surface area contributed by atoms with Crippen LogP contribution in [0.5, 0.6) is 5.75 Å². The monoisotopic (exact) mass is 229 g/mol. The number of hydrogen-bond acceptors (Lipinski definition) is 1. The van der Waals surface area contributed by atoms with E-state index >= 15 is 0 Å². The number of methoxy groups -OCH3 is 1. The van der Waals surface area contributed by atoms with E-state index in [2.05, 4.69) is 49.6 Å². The first-order valence-electron chi connectivity index (χ1n) is 5.95. The fourth-order valence-corrected chi connectivity index (χ4v) is 2.25. The molecule has 2 nitrogen and oxygen atoms in total. The van der Waals surface area contributed by atoms with Gasteiger partial charge in [0, 0.05) is 23.0 Å². The molecule has 1 aromatic carbocycles. The highest BCUT2D eigenvalue weighted by atomic mass is 16.5. The minimum atomic E-state index is 0.464. The van der Waals surface area contributed by atoms with Crippen molar-refractivity contribution in [3.63, 3.8) is 0 Å². The zero-order chi connectivity index (χ0) is 12.4. The van der Waals surface area contributed by atoms with Crippen molar-refractivity contribution in [1.82, 2.24) is 4.57 Å². The highest BCUT2D eigenvalue weighted by Crippen LogP contribution is 2.28. The van der Waals surface area contributed by atoms with Gasteiger partial charge >= 0.3 is 0 Å². The summed E-state index contributed by atoms with van der Waals surface area (Å²) >= 11 is 0. The molecule has 0 atom stereocenters. The molecule has 90 valence electrons. The van der Waals surface area contributed by atoms with E-state index in [1.807, 2.05) is 12.1 Å². The normalized spacial score (nSPS) is 10.9. The number of aromatic nitrogens is 1. The highest BCUT2D eigenvalue weighted by Gasteiger charge is 2.10. The Labute approximate surface area is 103 Å². The summed E-state index contributed by atoms with van der Waals surface area (Å²) in [5, 5.41) is 0. The average molecular weight is 229 g/mol. The maximum absolute atomic E-state index is 5.27. The van der Waals surface area contributed by atoms with Crippen molar-refractivity contribution >= 4 is 0 Å². The van der Waals surface area contributed by atoms with Gasteiger partial charge in [-0.2, -0.15) is 0 Å². The van der Waals surface area contributed by atoms with Gasteiger partial charge < -0.3 is 9.30 Å². The third-order valence-corrected chi connectivity index (χ3v) is 3.00. The van der Waals surface area contributed by atoms with Crippen LogP contribution in [-0.2, 0) is 0 Å². The second-order valence-corrected chi connectivity index (χ2v) is 4.56. The van der Waals surface area contributed by atoms with Gasteiger partial charge in [0.15, 0.2) is 0 Å². The molecule has 0 aliphatic carbocycles. The predicted octanol–water partition coefficient (Wildman–Crippen LogP) is 4.05. The van der Waals surface area contributed by atoms with Crippen molar-refractivity contribution in [3.8, 4) is 17.0 Å². The summed E-state index contributed by atoms with van der Waals surface area (Å²) in [4.78, 5) is 0. The molecule has 0 unspecified atom stereocenters. The summed E-state index contributed by atoms with van der Waals surface area (Å²) in [6, 6.07) is 13.0. The van der Waals surface area contributed by atoms with Crippen molar-refractivity contribution in [2.45, 2.75) is 26.8 Å². The number of aryl methyl sites for hydroxylation is 1. The summed E-state index contributed by atoms with van der Waals surface area (Å²) in [6.07, 6.45) is 0. The molecule has 0 bridgehead atoms. The van der Waals surface area contributed by atoms with E-state index in [4.69, 9.17) is 4.74 Å². The van der Waals surface area contributed by atoms with Gasteiger partial charge in [-0.05, 0) is 45.0 Å². The second-order valence-electron chi connectivity index (χ2n) is 4.56. The van der Waals surface area contributed by atoms with Crippen LogP contribution in [0.25, 0.3) is 11.3 Å². The molecule has 0 aliphatic rings. The molecule has 0 saturated heterocycles. The third-order valence-electron chi connectivity index (χ3n) is 3.00. The topological polar surface area (TPSA) is 14.2 Å². The highest BCUT2D eigenvalue weighted by molar-refractivity contribution is 5.63. The maximum atomic E-state index is 5.27. The molecule has 2 aromatic rings. The van der Waals surface area contributed by atoms with Gasteiger partial charge in [-0.15, -0.1) is 0 Å². The fourth-order valence-electron chi connectivity index (χ4n) is 2.25. The lowest BCUT2D eigenvalue weighted by atomic mass is 10.1. The number of ether oxygens (including phenoxy) is 1. The van der Waals surface area contributed by atoms with Crippen molar-refractivity contribution < 1.29 is 4.74 Å². The Morgan fingerprint density at radius 2 is 1.88 bits per heavy atom. The number of nitrogens with zero attached hydrogens (tertiary/aromatic N) is 1. The van der Waals surface area contributed by atoms with Crippen LogP contribution in [0.1, 0.15) is 25.6 Å². The lowest BCUT2D eigenvalue weighted by Crippen LogP contribution is -2.04. The molecule has 0 N–H and O–H groups in total. The molecule has 2 heteroatoms. The molecule has 0 spiro atoms. The van der Waals surface area contributed by atoms with Crippen molar-refractivity contribution in [2.24, 2.45) is 0 Å². The van der Waals surface area contributed by atoms with Crippen molar-refractivity contribution in [3.05, 3.63) is 42.1 Å². The average Bonchev–Trinajstić information content (AvgIpc) is 2.71. The fraction of sp³-hybridized carbons (Fsp3) is 0.333. The van der Waals surface area contributed by atoms with Crippen LogP contribution >= 0.6 is 0 Å². The summed E-state index contributed by atoms with van der Waals surface area (Å²) in [7, 11) is 1.70. The summed E-state index contributed by atoms with van der Waals surface area (Å²) < 4.78 is 7.62. The SMILES string of the molecule is COc1cccc(-c2ccc(C)n2C(C)C)c1. The van der Waals surface area contributed by atoms with Crippen LogP contribution in [0.3, 0.4) is 0 Å². The Hall–Kier alpha value is -1.70. The maximum Gasteiger partial charge on any atom is 0.119 e. The van der Waals surface area contributed by atoms with E-state index in [1.54, 1.807) is 7.11 Å². The molecule has 0 saturated carbocycles. The van der Waals surface area contributed by atoms with Gasteiger partial charge in [-0.1, -0.05) is 12.1 Å². The van der Waals surface area contributed by atoms with E-state index in [0.29, 0.717) is 6.04 Å². The van der Waals surface area contributed by atoms with Gasteiger partial charge in [-0.3, -0.25) is 0 Å². The van der Waals surface area contributed by atoms with E-state index < -0.39 is 0 Å². The zero-order valence-electron chi connectivity index (χ0n) is 10.9. The van der Waals surface area contributed by atoms with Crippen LogP contribution in [0.2, 0.25) is 0 Å². The Bertz CT molecular complexity index is 511. The second kappa shape index (κ2) is 4.66. The third kappa shape index (κ3) is 2.21. The van der Waals surface area contributed by atoms with E-state index in [0.717, 1.165) is 5.75 Å². The number of rotatable bonds is 3. The predicted molar refractivity (Wildman–Crippen MR) is 71.5 cm³/mol.